The van der Waals surface area contributed by atoms with E-state index in [1.165, 1.54) is 12.4 Å². The minimum absolute atomic E-state index is 0.221. The third-order valence-electron chi connectivity index (χ3n) is 3.84. The molecule has 0 bridgehead atoms. The Labute approximate surface area is 122 Å². The monoisotopic (exact) mass is 293 g/mol. The molecular formula is C14H19N3O4. The molecular weight excluding hydrogens is 274 g/mol. The zero-order valence-corrected chi connectivity index (χ0v) is 11.7. The normalized spacial score (nSPS) is 17.7. The Hall–Kier alpha value is -2.18. The number of rotatable bonds is 4. The molecule has 114 valence electrons. The maximum absolute atomic E-state index is 12.1. The maximum atomic E-state index is 12.1. The van der Waals surface area contributed by atoms with Crippen LogP contribution in [0.4, 0.5) is 0 Å². The van der Waals surface area contributed by atoms with Crippen LogP contribution in [0.3, 0.4) is 0 Å². The van der Waals surface area contributed by atoms with E-state index in [0.29, 0.717) is 12.8 Å². The number of carboxylic acid groups (broad SMARTS) is 1. The van der Waals surface area contributed by atoms with Gasteiger partial charge in [0.1, 0.15) is 12.1 Å². The number of hydrogen-bond donors (Lipinski definition) is 2. The van der Waals surface area contributed by atoms with Gasteiger partial charge in [-0.1, -0.05) is 25.7 Å². The Morgan fingerprint density at radius 2 is 1.95 bits per heavy atom. The molecule has 0 saturated heterocycles. The summed E-state index contributed by atoms with van der Waals surface area (Å²) in [6.07, 6.45) is 7.17. The summed E-state index contributed by atoms with van der Waals surface area (Å²) in [7, 11) is 0. The third-order valence-corrected chi connectivity index (χ3v) is 3.84. The highest BCUT2D eigenvalue weighted by Gasteiger charge is 2.39. The molecule has 21 heavy (non-hydrogen) atoms. The Balaban J connectivity index is 2.10. The molecule has 0 spiro atoms. The first kappa shape index (κ1) is 15.2. The van der Waals surface area contributed by atoms with Crippen molar-refractivity contribution in [3.8, 4) is 0 Å². The van der Waals surface area contributed by atoms with Crippen LogP contribution in [0.1, 0.15) is 38.5 Å². The van der Waals surface area contributed by atoms with Crippen LogP contribution in [0.2, 0.25) is 0 Å². The number of carbonyl (C=O) groups is 2. The lowest BCUT2D eigenvalue weighted by molar-refractivity contribution is -0.148. The van der Waals surface area contributed by atoms with Gasteiger partial charge in [-0.15, -0.1) is 0 Å². The predicted octanol–water partition coefficient (Wildman–Crippen LogP) is 0.537. The van der Waals surface area contributed by atoms with Crippen molar-refractivity contribution >= 4 is 11.9 Å². The first-order chi connectivity index (χ1) is 10.0. The van der Waals surface area contributed by atoms with E-state index < -0.39 is 23.1 Å². The van der Waals surface area contributed by atoms with E-state index in [0.717, 1.165) is 30.3 Å². The topological polar surface area (TPSA) is 101 Å². The van der Waals surface area contributed by atoms with Crippen LogP contribution in [-0.2, 0) is 16.1 Å². The second kappa shape index (κ2) is 6.51. The average Bonchev–Trinajstić information content (AvgIpc) is 2.68. The lowest BCUT2D eigenvalue weighted by Crippen LogP contribution is -2.55. The van der Waals surface area contributed by atoms with E-state index in [1.807, 2.05) is 0 Å². The first-order valence-electron chi connectivity index (χ1n) is 7.09. The predicted molar refractivity (Wildman–Crippen MR) is 74.7 cm³/mol. The summed E-state index contributed by atoms with van der Waals surface area (Å²) in [6, 6.07) is 1.55. The van der Waals surface area contributed by atoms with Gasteiger partial charge in [-0.25, -0.2) is 14.6 Å². The molecule has 1 heterocycles. The van der Waals surface area contributed by atoms with Gasteiger partial charge in [0.25, 0.3) is 0 Å². The molecule has 1 aromatic rings. The highest BCUT2D eigenvalue weighted by Crippen LogP contribution is 2.27. The minimum Gasteiger partial charge on any atom is -0.480 e. The smallest absolute Gasteiger partial charge is 0.347 e. The van der Waals surface area contributed by atoms with Crippen LogP contribution in [-0.4, -0.2) is 32.1 Å². The fourth-order valence-corrected chi connectivity index (χ4v) is 2.69. The van der Waals surface area contributed by atoms with Gasteiger partial charge in [0.2, 0.25) is 5.91 Å². The van der Waals surface area contributed by atoms with Crippen molar-refractivity contribution in [2.24, 2.45) is 0 Å². The number of hydrogen-bond acceptors (Lipinski definition) is 4. The van der Waals surface area contributed by atoms with Crippen molar-refractivity contribution in [2.75, 3.05) is 0 Å². The molecule has 7 nitrogen and oxygen atoms in total. The lowest BCUT2D eigenvalue weighted by atomic mass is 9.90. The summed E-state index contributed by atoms with van der Waals surface area (Å²) in [6.45, 7) is -0.221. The average molecular weight is 293 g/mol. The molecule has 1 amide bonds. The molecule has 2 N–H and O–H groups in total. The van der Waals surface area contributed by atoms with Gasteiger partial charge >= 0.3 is 11.7 Å². The molecule has 1 aromatic heterocycles. The van der Waals surface area contributed by atoms with Gasteiger partial charge < -0.3 is 10.4 Å². The van der Waals surface area contributed by atoms with Gasteiger partial charge in [-0.2, -0.15) is 0 Å². The highest BCUT2D eigenvalue weighted by molar-refractivity contribution is 5.86. The number of carboxylic acids is 1. The van der Waals surface area contributed by atoms with E-state index in [9.17, 15) is 19.5 Å². The SMILES string of the molecule is O=C(Cn1cccnc1=O)NC1(C(=O)O)CCCCCC1. The summed E-state index contributed by atoms with van der Waals surface area (Å²) in [5.74, 6) is -1.48. The second-order valence-corrected chi connectivity index (χ2v) is 5.38. The van der Waals surface area contributed by atoms with Crippen LogP contribution in [0.25, 0.3) is 0 Å². The Kier molecular flexibility index (Phi) is 4.72. The van der Waals surface area contributed by atoms with E-state index >= 15 is 0 Å². The van der Waals surface area contributed by atoms with Crippen molar-refractivity contribution in [3.63, 3.8) is 0 Å². The fourth-order valence-electron chi connectivity index (χ4n) is 2.69. The molecule has 1 saturated carbocycles. The van der Waals surface area contributed by atoms with Crippen LogP contribution < -0.4 is 11.0 Å². The minimum atomic E-state index is -1.21. The number of aliphatic carboxylic acids is 1. The molecule has 0 aromatic carbocycles. The van der Waals surface area contributed by atoms with Gasteiger partial charge in [0.05, 0.1) is 0 Å². The van der Waals surface area contributed by atoms with Crippen LogP contribution in [0, 0.1) is 0 Å². The third kappa shape index (κ3) is 3.68. The molecule has 2 rings (SSSR count). The quantitative estimate of drug-likeness (QED) is 0.789. The van der Waals surface area contributed by atoms with Gasteiger partial charge in [0.15, 0.2) is 0 Å². The number of aromatic nitrogens is 2. The molecule has 0 unspecified atom stereocenters. The van der Waals surface area contributed by atoms with Crippen LogP contribution >= 0.6 is 0 Å². The molecule has 1 aliphatic rings. The zero-order valence-electron chi connectivity index (χ0n) is 11.7. The Morgan fingerprint density at radius 3 is 2.52 bits per heavy atom. The van der Waals surface area contributed by atoms with Gasteiger partial charge in [0, 0.05) is 12.4 Å². The molecule has 7 heteroatoms. The summed E-state index contributed by atoms with van der Waals surface area (Å²) in [5, 5.41) is 12.1. The van der Waals surface area contributed by atoms with Crippen molar-refractivity contribution in [1.82, 2.24) is 14.9 Å². The van der Waals surface area contributed by atoms with E-state index in [2.05, 4.69) is 10.3 Å². The Morgan fingerprint density at radius 1 is 1.29 bits per heavy atom. The van der Waals surface area contributed by atoms with Crippen molar-refractivity contribution in [2.45, 2.75) is 50.6 Å². The number of amides is 1. The summed E-state index contributed by atoms with van der Waals surface area (Å²) in [4.78, 5) is 38.7. The van der Waals surface area contributed by atoms with E-state index in [1.54, 1.807) is 6.07 Å². The first-order valence-corrected chi connectivity index (χ1v) is 7.09. The van der Waals surface area contributed by atoms with E-state index in [-0.39, 0.29) is 6.54 Å². The molecule has 1 aliphatic carbocycles. The molecule has 0 radical (unpaired) electrons. The summed E-state index contributed by atoms with van der Waals surface area (Å²) >= 11 is 0. The standard InChI is InChI=1S/C14H19N3O4/c18-11(10-17-9-5-8-15-13(17)21)16-14(12(19)20)6-3-1-2-4-7-14/h5,8-9H,1-4,6-7,10H2,(H,16,18)(H,19,20). The van der Waals surface area contributed by atoms with Crippen molar-refractivity contribution < 1.29 is 14.7 Å². The highest BCUT2D eigenvalue weighted by atomic mass is 16.4. The van der Waals surface area contributed by atoms with E-state index in [4.69, 9.17) is 0 Å². The number of carbonyl (C=O) groups excluding carboxylic acids is 1. The van der Waals surface area contributed by atoms with Crippen LogP contribution in [0.15, 0.2) is 23.3 Å². The van der Waals surface area contributed by atoms with Gasteiger partial charge in [-0.3, -0.25) is 9.36 Å². The van der Waals surface area contributed by atoms with Crippen LogP contribution in [0.5, 0.6) is 0 Å². The maximum Gasteiger partial charge on any atom is 0.347 e. The lowest BCUT2D eigenvalue weighted by Gasteiger charge is -2.29. The summed E-state index contributed by atoms with van der Waals surface area (Å²) in [5.41, 5.74) is -1.74. The van der Waals surface area contributed by atoms with Crippen molar-refractivity contribution in [3.05, 3.63) is 28.9 Å². The Bertz CT molecular complexity index is 574. The number of nitrogens with one attached hydrogen (secondary N) is 1. The largest absolute Gasteiger partial charge is 0.480 e. The zero-order chi connectivity index (χ0) is 15.3. The molecule has 0 aliphatic heterocycles. The van der Waals surface area contributed by atoms with Crippen molar-refractivity contribution in [1.29, 1.82) is 0 Å². The molecule has 0 atom stereocenters. The second-order valence-electron chi connectivity index (χ2n) is 5.38. The number of nitrogens with zero attached hydrogens (tertiary/aromatic N) is 2. The fraction of sp³-hybridized carbons (Fsp3) is 0.571. The molecule has 1 fully saturated rings. The van der Waals surface area contributed by atoms with Gasteiger partial charge in [-0.05, 0) is 18.9 Å². The summed E-state index contributed by atoms with van der Waals surface area (Å²) < 4.78 is 1.15.